The summed E-state index contributed by atoms with van der Waals surface area (Å²) in [6.07, 6.45) is 1.97. The number of rotatable bonds is 37. The first-order valence-corrected chi connectivity index (χ1v) is 21.5. The van der Waals surface area contributed by atoms with Crippen LogP contribution >= 0.6 is 0 Å². The molecule has 2 aromatic carbocycles. The second-order valence-corrected chi connectivity index (χ2v) is 14.3. The number of amides is 4. The summed E-state index contributed by atoms with van der Waals surface area (Å²) in [5.41, 5.74) is 4.27. The molecule has 1 aliphatic carbocycles. The summed E-state index contributed by atoms with van der Waals surface area (Å²) in [6.45, 7) is 6.14. The van der Waals surface area contributed by atoms with Crippen LogP contribution in [0.1, 0.15) is 42.7 Å². The molecule has 64 heavy (non-hydrogen) atoms. The van der Waals surface area contributed by atoms with Crippen molar-refractivity contribution in [2.75, 3.05) is 125 Å². The first-order chi connectivity index (χ1) is 31.2. The van der Waals surface area contributed by atoms with E-state index in [1.807, 2.05) is 48.5 Å². The number of carboxylic acids is 1. The van der Waals surface area contributed by atoms with Crippen LogP contribution in [0.5, 0.6) is 0 Å². The highest BCUT2D eigenvalue weighted by Gasteiger charge is 2.31. The molecule has 4 amide bonds. The number of nitrogens with one attached hydrogen (secondary N) is 2. The van der Waals surface area contributed by atoms with Gasteiger partial charge in [-0.25, -0.2) is 4.79 Å². The third-order valence-electron chi connectivity index (χ3n) is 9.73. The third kappa shape index (κ3) is 19.7. The predicted molar refractivity (Wildman–Crippen MR) is 228 cm³/mol. The smallest absolute Gasteiger partial charge is 0.328 e. The average Bonchev–Trinajstić information content (AvgIpc) is 3.79. The molecule has 1 unspecified atom stereocenters. The van der Waals surface area contributed by atoms with Gasteiger partial charge in [0.05, 0.1) is 106 Å². The van der Waals surface area contributed by atoms with Crippen molar-refractivity contribution in [3.05, 3.63) is 71.8 Å². The zero-order chi connectivity index (χ0) is 45.6. The number of carboxylic acid groups (broad SMARTS) is 1. The van der Waals surface area contributed by atoms with Gasteiger partial charge < -0.3 is 58.4 Å². The van der Waals surface area contributed by atoms with Crippen molar-refractivity contribution in [1.29, 1.82) is 0 Å². The van der Waals surface area contributed by atoms with Gasteiger partial charge in [0.25, 0.3) is 11.8 Å². The van der Waals surface area contributed by atoms with Crippen LogP contribution in [-0.4, -0.2) is 177 Å². The number of carbonyl (C=O) groups is 6. The van der Waals surface area contributed by atoms with Crippen LogP contribution in [0.15, 0.2) is 60.7 Å². The Morgan fingerprint density at radius 3 is 1.47 bits per heavy atom. The van der Waals surface area contributed by atoms with E-state index < -0.39 is 35.7 Å². The Morgan fingerprint density at radius 2 is 1.00 bits per heavy atom. The van der Waals surface area contributed by atoms with E-state index >= 15 is 0 Å². The second-order valence-electron chi connectivity index (χ2n) is 14.3. The lowest BCUT2D eigenvalue weighted by molar-refractivity contribution is -0.149. The van der Waals surface area contributed by atoms with Gasteiger partial charge in [0.15, 0.2) is 0 Å². The Kier molecular flexibility index (Phi) is 24.9. The Labute approximate surface area is 372 Å². The molecule has 1 atom stereocenters. The summed E-state index contributed by atoms with van der Waals surface area (Å²) in [4.78, 5) is 72.8. The standard InChI is InChI=1S/C45H61N3O16/c49-40(13-16-48-42(51)10-11-43(48)52)46-15-18-57-20-22-59-24-26-61-28-30-63-32-31-62-29-27-60-25-23-58-21-19-56-17-14-41(50)47-39(9-12-44(53)54)45(55)64-33-38-36-7-3-1-5-34(36)35-6-2-4-8-37(35)38/h1-8,10-11,38-39H,9,12-33H2,(H,46,49)(H,47,50)(H,53,54). The van der Waals surface area contributed by atoms with E-state index in [1.165, 1.54) is 12.2 Å². The summed E-state index contributed by atoms with van der Waals surface area (Å²) >= 11 is 0. The number of carbonyl (C=O) groups excluding carboxylic acids is 5. The van der Waals surface area contributed by atoms with Gasteiger partial charge >= 0.3 is 11.9 Å². The molecule has 19 heteroatoms. The zero-order valence-corrected chi connectivity index (χ0v) is 36.2. The molecule has 1 aliphatic heterocycles. The molecule has 0 saturated carbocycles. The van der Waals surface area contributed by atoms with E-state index in [0.717, 1.165) is 27.2 Å². The minimum absolute atomic E-state index is 0.0259. The fourth-order valence-electron chi connectivity index (χ4n) is 6.51. The Bertz CT molecular complexity index is 1730. The number of hydrogen-bond donors (Lipinski definition) is 3. The minimum atomic E-state index is -1.11. The summed E-state index contributed by atoms with van der Waals surface area (Å²) in [6, 6.07) is 14.8. The number of ether oxygens (including phenoxy) is 9. The Balaban J connectivity index is 0.867. The van der Waals surface area contributed by atoms with Gasteiger partial charge in [-0.05, 0) is 28.7 Å². The first kappa shape index (κ1) is 51.5. The molecule has 0 radical (unpaired) electrons. The van der Waals surface area contributed by atoms with Gasteiger partial charge in [0, 0.05) is 50.4 Å². The van der Waals surface area contributed by atoms with Crippen LogP contribution in [0.3, 0.4) is 0 Å². The Hall–Kier alpha value is -5.12. The lowest BCUT2D eigenvalue weighted by Gasteiger charge is -2.19. The number of benzene rings is 2. The first-order valence-electron chi connectivity index (χ1n) is 21.5. The van der Waals surface area contributed by atoms with Gasteiger partial charge in [0.1, 0.15) is 12.6 Å². The van der Waals surface area contributed by atoms with Gasteiger partial charge in [-0.2, -0.15) is 0 Å². The van der Waals surface area contributed by atoms with Crippen molar-refractivity contribution < 1.29 is 76.5 Å². The maximum absolute atomic E-state index is 13.1. The lowest BCUT2D eigenvalue weighted by atomic mass is 9.98. The summed E-state index contributed by atoms with van der Waals surface area (Å²) < 4.78 is 49.4. The molecule has 2 aliphatic rings. The second kappa shape index (κ2) is 30.9. The van der Waals surface area contributed by atoms with Crippen molar-refractivity contribution >= 4 is 35.6 Å². The number of imide groups is 1. The largest absolute Gasteiger partial charge is 0.481 e. The van der Waals surface area contributed by atoms with E-state index in [0.29, 0.717) is 99.0 Å². The molecule has 19 nitrogen and oxygen atoms in total. The zero-order valence-electron chi connectivity index (χ0n) is 36.2. The molecule has 2 aromatic rings. The quantitative estimate of drug-likeness (QED) is 0.0497. The van der Waals surface area contributed by atoms with Crippen molar-refractivity contribution in [1.82, 2.24) is 15.5 Å². The van der Waals surface area contributed by atoms with E-state index in [4.69, 9.17) is 42.6 Å². The van der Waals surface area contributed by atoms with Crippen LogP contribution in [-0.2, 0) is 71.4 Å². The molecular formula is C45H61N3O16. The van der Waals surface area contributed by atoms with Crippen LogP contribution in [0.4, 0.5) is 0 Å². The van der Waals surface area contributed by atoms with E-state index in [1.54, 1.807) is 0 Å². The summed E-state index contributed by atoms with van der Waals surface area (Å²) in [5.74, 6) is -3.47. The number of hydrogen-bond acceptors (Lipinski definition) is 15. The monoisotopic (exact) mass is 899 g/mol. The molecule has 3 N–H and O–H groups in total. The van der Waals surface area contributed by atoms with Crippen LogP contribution < -0.4 is 10.6 Å². The predicted octanol–water partition coefficient (Wildman–Crippen LogP) is 1.65. The maximum atomic E-state index is 13.1. The normalized spacial score (nSPS) is 13.5. The van der Waals surface area contributed by atoms with Crippen molar-refractivity contribution in [3.63, 3.8) is 0 Å². The highest BCUT2D eigenvalue weighted by molar-refractivity contribution is 6.13. The molecule has 0 fully saturated rings. The Morgan fingerprint density at radius 1 is 0.562 bits per heavy atom. The van der Waals surface area contributed by atoms with E-state index in [-0.39, 0.29) is 63.9 Å². The number of nitrogens with zero attached hydrogens (tertiary/aromatic N) is 1. The van der Waals surface area contributed by atoms with Gasteiger partial charge in [-0.1, -0.05) is 48.5 Å². The fourth-order valence-corrected chi connectivity index (χ4v) is 6.51. The van der Waals surface area contributed by atoms with E-state index in [9.17, 15) is 33.9 Å². The van der Waals surface area contributed by atoms with Crippen molar-refractivity contribution in [3.8, 4) is 11.1 Å². The van der Waals surface area contributed by atoms with Crippen LogP contribution in [0.2, 0.25) is 0 Å². The van der Waals surface area contributed by atoms with Gasteiger partial charge in [0.2, 0.25) is 11.8 Å². The molecule has 0 aromatic heterocycles. The molecular weight excluding hydrogens is 838 g/mol. The lowest BCUT2D eigenvalue weighted by Crippen LogP contribution is -2.42. The van der Waals surface area contributed by atoms with Crippen LogP contribution in [0.25, 0.3) is 11.1 Å². The SMILES string of the molecule is O=C(O)CCC(NC(=O)CCOCCOCCOCCOCCOCCOCCOCCOCCNC(=O)CCN1C(=O)C=CC1=O)C(=O)OCC1c2ccccc2-c2ccccc21. The number of esters is 1. The molecule has 4 rings (SSSR count). The number of aliphatic carboxylic acids is 1. The molecule has 0 spiro atoms. The minimum Gasteiger partial charge on any atom is -0.481 e. The van der Waals surface area contributed by atoms with Gasteiger partial charge in [-0.15, -0.1) is 0 Å². The molecule has 1 heterocycles. The third-order valence-corrected chi connectivity index (χ3v) is 9.73. The van der Waals surface area contributed by atoms with E-state index in [2.05, 4.69) is 10.6 Å². The van der Waals surface area contributed by atoms with Gasteiger partial charge in [-0.3, -0.25) is 28.9 Å². The topological polar surface area (TPSA) is 233 Å². The number of fused-ring (bicyclic) bond motifs is 3. The maximum Gasteiger partial charge on any atom is 0.328 e. The molecule has 0 bridgehead atoms. The van der Waals surface area contributed by atoms with Crippen molar-refractivity contribution in [2.45, 2.75) is 37.6 Å². The van der Waals surface area contributed by atoms with Crippen LogP contribution in [0, 0.1) is 0 Å². The summed E-state index contributed by atoms with van der Waals surface area (Å²) in [7, 11) is 0. The molecule has 0 saturated heterocycles. The molecule has 352 valence electrons. The average molecular weight is 900 g/mol. The van der Waals surface area contributed by atoms with Crippen molar-refractivity contribution in [2.24, 2.45) is 0 Å². The highest BCUT2D eigenvalue weighted by Crippen LogP contribution is 2.44. The highest BCUT2D eigenvalue weighted by atomic mass is 16.6. The summed E-state index contributed by atoms with van der Waals surface area (Å²) in [5, 5.41) is 14.5. The fraction of sp³-hybridized carbons (Fsp3) is 0.556.